The van der Waals surface area contributed by atoms with Crippen LogP contribution in [0.5, 0.6) is 23.0 Å². The number of ether oxygens (including phenoxy) is 5. The van der Waals surface area contributed by atoms with Crippen LogP contribution in [0.4, 0.5) is 0 Å². The normalized spacial score (nSPS) is 22.5. The van der Waals surface area contributed by atoms with Crippen LogP contribution in [0.25, 0.3) is 0 Å². The third-order valence-electron chi connectivity index (χ3n) is 6.18. The molecule has 1 heterocycles. The fraction of sp³-hybridized carbons (Fsp3) is 0.462. The zero-order valence-electron chi connectivity index (χ0n) is 19.8. The van der Waals surface area contributed by atoms with Crippen molar-refractivity contribution in [1.82, 2.24) is 0 Å². The zero-order valence-corrected chi connectivity index (χ0v) is 19.8. The molecule has 6 heteroatoms. The van der Waals surface area contributed by atoms with Crippen molar-refractivity contribution in [3.8, 4) is 23.0 Å². The van der Waals surface area contributed by atoms with E-state index in [0.717, 1.165) is 17.5 Å². The second-order valence-corrected chi connectivity index (χ2v) is 8.27. The molecule has 1 N–H and O–H groups in total. The van der Waals surface area contributed by atoms with E-state index in [1.807, 2.05) is 62.4 Å². The molecule has 1 aliphatic rings. The van der Waals surface area contributed by atoms with Crippen LogP contribution in [0.1, 0.15) is 31.1 Å². The van der Waals surface area contributed by atoms with E-state index in [-0.39, 0.29) is 17.9 Å². The van der Waals surface area contributed by atoms with Gasteiger partial charge in [-0.05, 0) is 61.6 Å². The first-order valence-corrected chi connectivity index (χ1v) is 10.8. The molecule has 1 saturated heterocycles. The summed E-state index contributed by atoms with van der Waals surface area (Å²) in [4.78, 5) is 0. The summed E-state index contributed by atoms with van der Waals surface area (Å²) in [5.41, 5.74) is 1.00. The Hall–Kier alpha value is -2.70. The van der Waals surface area contributed by atoms with Gasteiger partial charge >= 0.3 is 0 Å². The molecular weight excluding hydrogens is 408 g/mol. The zero-order chi connectivity index (χ0) is 23.3. The van der Waals surface area contributed by atoms with E-state index in [2.05, 4.69) is 0 Å². The Labute approximate surface area is 190 Å². The fourth-order valence-electron chi connectivity index (χ4n) is 4.74. The molecule has 2 aromatic rings. The second-order valence-electron chi connectivity index (χ2n) is 8.27. The Morgan fingerprint density at radius 1 is 0.938 bits per heavy atom. The maximum Gasteiger partial charge on any atom is 0.161 e. The summed E-state index contributed by atoms with van der Waals surface area (Å²) in [6.45, 7) is 4.30. The minimum Gasteiger partial charge on any atom is -0.493 e. The standard InChI is InChI=1S/C26H34O6/c1-7-12-26(2,27)24-19(13-17-8-10-20(28-3)22(14-17)30-5)16-32-25(24)18-9-11-21(29-4)23(15-18)31-6/h7-12,14-15,19,24-25,27H,13,16H2,1-6H3/b12-7+/t19-,24+,25+,26?/m0/s1. The van der Waals surface area contributed by atoms with Crippen molar-refractivity contribution >= 4 is 0 Å². The Morgan fingerprint density at radius 3 is 2.12 bits per heavy atom. The Bertz CT molecular complexity index is 936. The average Bonchev–Trinajstić information content (AvgIpc) is 3.22. The first-order valence-electron chi connectivity index (χ1n) is 10.8. The molecule has 1 unspecified atom stereocenters. The molecule has 0 saturated carbocycles. The van der Waals surface area contributed by atoms with E-state index in [4.69, 9.17) is 23.7 Å². The molecule has 3 rings (SSSR count). The van der Waals surface area contributed by atoms with E-state index in [9.17, 15) is 5.11 Å². The molecule has 0 radical (unpaired) electrons. The molecule has 1 fully saturated rings. The highest BCUT2D eigenvalue weighted by Gasteiger charge is 2.47. The Morgan fingerprint density at radius 2 is 1.53 bits per heavy atom. The van der Waals surface area contributed by atoms with Gasteiger partial charge < -0.3 is 28.8 Å². The van der Waals surface area contributed by atoms with Crippen LogP contribution in [0.15, 0.2) is 48.6 Å². The minimum atomic E-state index is -1.05. The van der Waals surface area contributed by atoms with Crippen LogP contribution in [-0.2, 0) is 11.2 Å². The van der Waals surface area contributed by atoms with Gasteiger partial charge in [-0.1, -0.05) is 24.3 Å². The topological polar surface area (TPSA) is 66.4 Å². The third-order valence-corrected chi connectivity index (χ3v) is 6.18. The number of aliphatic hydroxyl groups is 1. The van der Waals surface area contributed by atoms with Crippen molar-refractivity contribution in [3.63, 3.8) is 0 Å². The number of benzene rings is 2. The Balaban J connectivity index is 1.96. The smallest absolute Gasteiger partial charge is 0.161 e. The molecule has 32 heavy (non-hydrogen) atoms. The predicted octanol–water partition coefficient (Wildman–Crippen LogP) is 4.59. The van der Waals surface area contributed by atoms with Gasteiger partial charge in [0.1, 0.15) is 0 Å². The maximum absolute atomic E-state index is 11.4. The Kier molecular flexibility index (Phi) is 7.69. The van der Waals surface area contributed by atoms with Crippen LogP contribution in [0, 0.1) is 11.8 Å². The van der Waals surface area contributed by atoms with Gasteiger partial charge in [0, 0.05) is 5.92 Å². The first-order chi connectivity index (χ1) is 15.4. The van der Waals surface area contributed by atoms with E-state index in [1.165, 1.54) is 0 Å². The molecule has 1 aliphatic heterocycles. The molecule has 2 aromatic carbocycles. The summed E-state index contributed by atoms with van der Waals surface area (Å²) >= 11 is 0. The van der Waals surface area contributed by atoms with Crippen molar-refractivity contribution in [2.24, 2.45) is 11.8 Å². The van der Waals surface area contributed by atoms with Crippen molar-refractivity contribution in [2.45, 2.75) is 32.0 Å². The van der Waals surface area contributed by atoms with Gasteiger partial charge in [0.25, 0.3) is 0 Å². The minimum absolute atomic E-state index is 0.0948. The second kappa shape index (κ2) is 10.3. The fourth-order valence-corrected chi connectivity index (χ4v) is 4.74. The number of methoxy groups -OCH3 is 4. The number of hydrogen-bond acceptors (Lipinski definition) is 6. The quantitative estimate of drug-likeness (QED) is 0.573. The van der Waals surface area contributed by atoms with Crippen LogP contribution >= 0.6 is 0 Å². The average molecular weight is 443 g/mol. The van der Waals surface area contributed by atoms with Crippen molar-refractivity contribution in [3.05, 3.63) is 59.7 Å². The first kappa shape index (κ1) is 24.0. The van der Waals surface area contributed by atoms with Gasteiger partial charge in [0.15, 0.2) is 23.0 Å². The van der Waals surface area contributed by atoms with Crippen molar-refractivity contribution < 1.29 is 28.8 Å². The van der Waals surface area contributed by atoms with Gasteiger partial charge in [0.2, 0.25) is 0 Å². The molecule has 6 nitrogen and oxygen atoms in total. The third kappa shape index (κ3) is 4.87. The molecular formula is C26H34O6. The lowest BCUT2D eigenvalue weighted by molar-refractivity contribution is -0.0116. The number of hydrogen-bond donors (Lipinski definition) is 1. The van der Waals surface area contributed by atoms with Crippen LogP contribution in [-0.4, -0.2) is 45.8 Å². The molecule has 4 atom stereocenters. The monoisotopic (exact) mass is 442 g/mol. The number of rotatable bonds is 9. The van der Waals surface area contributed by atoms with Gasteiger partial charge in [-0.2, -0.15) is 0 Å². The molecule has 174 valence electrons. The predicted molar refractivity (Wildman–Crippen MR) is 124 cm³/mol. The summed E-state index contributed by atoms with van der Waals surface area (Å²) in [6.07, 6.45) is 4.19. The van der Waals surface area contributed by atoms with Crippen LogP contribution < -0.4 is 18.9 Å². The molecule has 0 aliphatic carbocycles. The summed E-state index contributed by atoms with van der Waals surface area (Å²) < 4.78 is 28.0. The van der Waals surface area contributed by atoms with E-state index in [1.54, 1.807) is 28.4 Å². The SMILES string of the molecule is C/C=C/C(C)(O)[C@@H]1[C@@H](Cc2ccc(OC)c(OC)c2)CO[C@@H]1c1ccc(OC)c(OC)c1. The summed E-state index contributed by atoms with van der Waals surface area (Å²) in [5.74, 6) is 2.62. The van der Waals surface area contributed by atoms with Crippen LogP contribution in [0.2, 0.25) is 0 Å². The highest BCUT2D eigenvalue weighted by atomic mass is 16.5. The van der Waals surface area contributed by atoms with E-state index in [0.29, 0.717) is 29.6 Å². The summed E-state index contributed by atoms with van der Waals surface area (Å²) in [7, 11) is 6.49. The highest BCUT2D eigenvalue weighted by Crippen LogP contribution is 2.48. The molecule has 0 bridgehead atoms. The lowest BCUT2D eigenvalue weighted by Crippen LogP contribution is -2.39. The lowest BCUT2D eigenvalue weighted by atomic mass is 9.73. The van der Waals surface area contributed by atoms with Crippen molar-refractivity contribution in [2.75, 3.05) is 35.0 Å². The van der Waals surface area contributed by atoms with Gasteiger partial charge in [-0.15, -0.1) is 0 Å². The lowest BCUT2D eigenvalue weighted by Gasteiger charge is -2.35. The number of allylic oxidation sites excluding steroid dienone is 1. The summed E-state index contributed by atoms with van der Waals surface area (Å²) in [5, 5.41) is 11.4. The molecule has 0 spiro atoms. The molecule has 0 amide bonds. The largest absolute Gasteiger partial charge is 0.493 e. The maximum atomic E-state index is 11.4. The van der Waals surface area contributed by atoms with Gasteiger partial charge in [-0.25, -0.2) is 0 Å². The van der Waals surface area contributed by atoms with Crippen molar-refractivity contribution in [1.29, 1.82) is 0 Å². The van der Waals surface area contributed by atoms with Gasteiger partial charge in [0.05, 0.1) is 46.8 Å². The van der Waals surface area contributed by atoms with Crippen LogP contribution in [0.3, 0.4) is 0 Å². The molecule has 0 aromatic heterocycles. The van der Waals surface area contributed by atoms with Gasteiger partial charge in [-0.3, -0.25) is 0 Å². The highest BCUT2D eigenvalue weighted by molar-refractivity contribution is 5.45. The summed E-state index contributed by atoms with van der Waals surface area (Å²) in [6, 6.07) is 11.7. The van der Waals surface area contributed by atoms with E-state index < -0.39 is 5.60 Å². The van der Waals surface area contributed by atoms with E-state index >= 15 is 0 Å².